The van der Waals surface area contributed by atoms with E-state index < -0.39 is 0 Å². The highest BCUT2D eigenvalue weighted by Gasteiger charge is 2.33. The van der Waals surface area contributed by atoms with E-state index in [-0.39, 0.29) is 11.9 Å². The third kappa shape index (κ3) is 4.61. The van der Waals surface area contributed by atoms with Crippen molar-refractivity contribution >= 4 is 23.0 Å². The molecule has 30 heavy (non-hydrogen) atoms. The lowest BCUT2D eigenvalue weighted by atomic mass is 9.98. The van der Waals surface area contributed by atoms with E-state index in [4.69, 9.17) is 9.84 Å². The zero-order valence-electron chi connectivity index (χ0n) is 17.2. The molecule has 154 valence electrons. The highest BCUT2D eigenvalue weighted by molar-refractivity contribution is 7.07. The van der Waals surface area contributed by atoms with Crippen LogP contribution in [0.3, 0.4) is 0 Å². The number of carbonyl (C=O) groups excluding carboxylic acids is 1. The minimum Gasteiger partial charge on any atom is -0.497 e. The van der Waals surface area contributed by atoms with Crippen LogP contribution in [0.2, 0.25) is 0 Å². The summed E-state index contributed by atoms with van der Waals surface area (Å²) in [4.78, 5) is 15.3. The first-order valence-corrected chi connectivity index (χ1v) is 10.9. The molecule has 0 fully saturated rings. The van der Waals surface area contributed by atoms with Gasteiger partial charge in [0.05, 0.1) is 25.4 Å². The van der Waals surface area contributed by atoms with Crippen LogP contribution in [0.15, 0.2) is 76.5 Å². The monoisotopic (exact) mass is 419 g/mol. The summed E-state index contributed by atoms with van der Waals surface area (Å²) in [7, 11) is 3.62. The first-order chi connectivity index (χ1) is 14.6. The Morgan fingerprint density at radius 1 is 1.17 bits per heavy atom. The zero-order chi connectivity index (χ0) is 20.9. The molecule has 0 spiro atoms. The predicted octanol–water partition coefficient (Wildman–Crippen LogP) is 4.57. The van der Waals surface area contributed by atoms with Gasteiger partial charge in [-0.2, -0.15) is 16.4 Å². The molecule has 1 aliphatic heterocycles. The van der Waals surface area contributed by atoms with Crippen molar-refractivity contribution < 1.29 is 9.53 Å². The van der Waals surface area contributed by atoms with Crippen LogP contribution in [0.4, 0.5) is 0 Å². The lowest BCUT2D eigenvalue weighted by Gasteiger charge is -2.24. The molecule has 0 bridgehead atoms. The molecule has 3 aromatic rings. The molecular formula is C24H25N3O2S. The Balaban J connectivity index is 1.56. The molecular weight excluding hydrogens is 394 g/mol. The molecule has 0 N–H and O–H groups in total. The summed E-state index contributed by atoms with van der Waals surface area (Å²) in [5.74, 6) is 0.800. The number of ether oxygens (including phenoxy) is 1. The summed E-state index contributed by atoms with van der Waals surface area (Å²) in [5, 5.41) is 10.6. The van der Waals surface area contributed by atoms with Crippen LogP contribution in [-0.4, -0.2) is 42.2 Å². The molecule has 0 radical (unpaired) electrons. The van der Waals surface area contributed by atoms with Crippen molar-refractivity contribution in [3.05, 3.63) is 88.1 Å². The standard InChI is InChI=1S/C24H25N3O2S/c1-26(15-18-12-13-30-17-18)16-24(28)27-23(20-8-10-21(29-2)11-9-20)14-22(25-27)19-6-4-3-5-7-19/h3-13,17,23H,14-16H2,1-2H3/t23-/m0/s1. The van der Waals surface area contributed by atoms with Gasteiger partial charge in [-0.3, -0.25) is 9.69 Å². The number of benzene rings is 2. The number of hydrogen-bond donors (Lipinski definition) is 0. The second-order valence-corrected chi connectivity index (χ2v) is 8.23. The van der Waals surface area contributed by atoms with Crippen molar-refractivity contribution in [2.24, 2.45) is 5.10 Å². The summed E-state index contributed by atoms with van der Waals surface area (Å²) >= 11 is 1.67. The van der Waals surface area contributed by atoms with Gasteiger partial charge in [0.15, 0.2) is 0 Å². The predicted molar refractivity (Wildman–Crippen MR) is 121 cm³/mol. The van der Waals surface area contributed by atoms with E-state index in [9.17, 15) is 4.79 Å². The van der Waals surface area contributed by atoms with E-state index >= 15 is 0 Å². The lowest BCUT2D eigenvalue weighted by Crippen LogP contribution is -2.36. The SMILES string of the molecule is COc1ccc([C@@H]2CC(c3ccccc3)=NN2C(=O)CN(C)Cc2ccsc2)cc1. The largest absolute Gasteiger partial charge is 0.497 e. The molecule has 2 heterocycles. The molecule has 1 amide bonds. The number of thiophene rings is 1. The van der Waals surface area contributed by atoms with Gasteiger partial charge in [0, 0.05) is 13.0 Å². The van der Waals surface area contributed by atoms with Crippen LogP contribution in [0.25, 0.3) is 0 Å². The topological polar surface area (TPSA) is 45.1 Å². The number of carbonyl (C=O) groups is 1. The summed E-state index contributed by atoms with van der Waals surface area (Å²) < 4.78 is 5.28. The molecule has 6 heteroatoms. The van der Waals surface area contributed by atoms with Gasteiger partial charge in [-0.1, -0.05) is 42.5 Å². The number of amides is 1. The summed E-state index contributed by atoms with van der Waals surface area (Å²) in [6.07, 6.45) is 0.691. The number of likely N-dealkylation sites (N-methyl/N-ethyl adjacent to an activating group) is 1. The Morgan fingerprint density at radius 3 is 2.60 bits per heavy atom. The summed E-state index contributed by atoms with van der Waals surface area (Å²) in [6.45, 7) is 1.06. The smallest absolute Gasteiger partial charge is 0.257 e. The maximum atomic E-state index is 13.2. The second-order valence-electron chi connectivity index (χ2n) is 7.45. The van der Waals surface area contributed by atoms with E-state index in [1.165, 1.54) is 5.56 Å². The molecule has 4 rings (SSSR count). The average molecular weight is 420 g/mol. The normalized spacial score (nSPS) is 16.0. The average Bonchev–Trinajstić information content (AvgIpc) is 3.44. The van der Waals surface area contributed by atoms with E-state index in [1.807, 2.05) is 66.5 Å². The first kappa shape index (κ1) is 20.3. The molecule has 0 saturated heterocycles. The maximum absolute atomic E-state index is 13.2. The Morgan fingerprint density at radius 2 is 1.93 bits per heavy atom. The van der Waals surface area contributed by atoms with E-state index in [2.05, 4.69) is 16.8 Å². The maximum Gasteiger partial charge on any atom is 0.257 e. The van der Waals surface area contributed by atoms with Crippen LogP contribution in [-0.2, 0) is 11.3 Å². The minimum atomic E-state index is -0.117. The molecule has 0 aliphatic carbocycles. The van der Waals surface area contributed by atoms with Crippen molar-refractivity contribution in [2.45, 2.75) is 19.0 Å². The molecule has 1 atom stereocenters. The van der Waals surface area contributed by atoms with Gasteiger partial charge < -0.3 is 4.74 Å². The third-order valence-electron chi connectivity index (χ3n) is 5.21. The fourth-order valence-electron chi connectivity index (χ4n) is 3.68. The van der Waals surface area contributed by atoms with Gasteiger partial charge >= 0.3 is 0 Å². The first-order valence-electron chi connectivity index (χ1n) is 9.92. The summed E-state index contributed by atoms with van der Waals surface area (Å²) in [5.41, 5.74) is 4.26. The van der Waals surface area contributed by atoms with Crippen LogP contribution in [0, 0.1) is 0 Å². The van der Waals surface area contributed by atoms with Crippen LogP contribution in [0.5, 0.6) is 5.75 Å². The second kappa shape index (κ2) is 9.24. The Bertz CT molecular complexity index is 1000. The van der Waals surface area contributed by atoms with Gasteiger partial charge in [-0.15, -0.1) is 0 Å². The summed E-state index contributed by atoms with van der Waals surface area (Å²) in [6, 6.07) is 19.9. The van der Waals surface area contributed by atoms with Crippen molar-refractivity contribution in [3.63, 3.8) is 0 Å². The van der Waals surface area contributed by atoms with Crippen LogP contribution >= 0.6 is 11.3 Å². The van der Waals surface area contributed by atoms with Crippen molar-refractivity contribution in [2.75, 3.05) is 20.7 Å². The van der Waals surface area contributed by atoms with Gasteiger partial charge in [0.2, 0.25) is 0 Å². The Kier molecular flexibility index (Phi) is 6.26. The van der Waals surface area contributed by atoms with Crippen molar-refractivity contribution in [1.29, 1.82) is 0 Å². The van der Waals surface area contributed by atoms with E-state index in [0.717, 1.165) is 29.1 Å². The van der Waals surface area contributed by atoms with Gasteiger partial charge in [-0.25, -0.2) is 5.01 Å². The molecule has 5 nitrogen and oxygen atoms in total. The molecule has 0 unspecified atom stereocenters. The number of methoxy groups -OCH3 is 1. The van der Waals surface area contributed by atoms with E-state index in [0.29, 0.717) is 13.0 Å². The molecule has 1 aromatic heterocycles. The Hall–Kier alpha value is -2.96. The zero-order valence-corrected chi connectivity index (χ0v) is 18.0. The van der Waals surface area contributed by atoms with E-state index in [1.54, 1.807) is 23.5 Å². The fourth-order valence-corrected chi connectivity index (χ4v) is 4.34. The number of rotatable bonds is 7. The van der Waals surface area contributed by atoms with Gasteiger partial charge in [0.1, 0.15) is 5.75 Å². The van der Waals surface area contributed by atoms with Crippen molar-refractivity contribution in [3.8, 4) is 5.75 Å². The van der Waals surface area contributed by atoms with Gasteiger partial charge in [0.25, 0.3) is 5.91 Å². The van der Waals surface area contributed by atoms with Crippen LogP contribution < -0.4 is 4.74 Å². The van der Waals surface area contributed by atoms with Crippen LogP contribution in [0.1, 0.15) is 29.2 Å². The number of hydrazone groups is 1. The highest BCUT2D eigenvalue weighted by atomic mass is 32.1. The fraction of sp³-hybridized carbons (Fsp3) is 0.250. The minimum absolute atomic E-state index is 0.000483. The molecule has 2 aromatic carbocycles. The Labute approximate surface area is 181 Å². The lowest BCUT2D eigenvalue weighted by molar-refractivity contribution is -0.134. The number of nitrogens with zero attached hydrogens (tertiary/aromatic N) is 3. The molecule has 1 aliphatic rings. The third-order valence-corrected chi connectivity index (χ3v) is 5.94. The highest BCUT2D eigenvalue weighted by Crippen LogP contribution is 2.33. The quantitative estimate of drug-likeness (QED) is 0.564. The molecule has 0 saturated carbocycles. The van der Waals surface area contributed by atoms with Gasteiger partial charge in [-0.05, 0) is 52.7 Å². The van der Waals surface area contributed by atoms with Crippen molar-refractivity contribution in [1.82, 2.24) is 9.91 Å². The number of hydrogen-bond acceptors (Lipinski definition) is 5.